The number of pyridine rings is 1. The van der Waals surface area contributed by atoms with Crippen LogP contribution < -0.4 is 9.64 Å². The van der Waals surface area contributed by atoms with Crippen molar-refractivity contribution in [3.05, 3.63) is 88.7 Å². The van der Waals surface area contributed by atoms with Gasteiger partial charge in [0.25, 0.3) is 0 Å². The first kappa shape index (κ1) is 25.5. The van der Waals surface area contributed by atoms with Crippen molar-refractivity contribution in [2.45, 2.75) is 45.3 Å². The highest BCUT2D eigenvalue weighted by Gasteiger charge is 2.27. The van der Waals surface area contributed by atoms with Gasteiger partial charge in [-0.2, -0.15) is 0 Å². The number of hydrogen-bond donors (Lipinski definition) is 0. The molecule has 1 aliphatic heterocycles. The molecule has 0 saturated carbocycles. The third kappa shape index (κ3) is 5.43. The fourth-order valence-corrected chi connectivity index (χ4v) is 5.91. The second-order valence-electron chi connectivity index (χ2n) is 10.1. The van der Waals surface area contributed by atoms with Crippen LogP contribution >= 0.6 is 0 Å². The van der Waals surface area contributed by atoms with Gasteiger partial charge in [0.1, 0.15) is 5.75 Å². The molecule has 0 amide bonds. The molecule has 0 unspecified atom stereocenters. The number of methoxy groups -OCH3 is 3. The zero-order chi connectivity index (χ0) is 25.8. The summed E-state index contributed by atoms with van der Waals surface area (Å²) in [6.45, 7) is 4.07. The maximum atomic E-state index is 5.56. The average Bonchev–Trinajstić information content (AvgIpc) is 3.14. The van der Waals surface area contributed by atoms with Gasteiger partial charge in [-0.3, -0.25) is 4.98 Å². The van der Waals surface area contributed by atoms with E-state index in [9.17, 15) is 0 Å². The van der Waals surface area contributed by atoms with E-state index in [0.29, 0.717) is 5.92 Å². The Kier molecular flexibility index (Phi) is 7.92. The quantitative estimate of drug-likeness (QED) is 0.347. The Hall–Kier alpha value is -3.15. The molecule has 2 aliphatic rings. The zero-order valence-electron chi connectivity index (χ0n) is 22.5. The lowest BCUT2D eigenvalue weighted by atomic mass is 9.88. The Morgan fingerprint density at radius 3 is 2.24 bits per heavy atom. The van der Waals surface area contributed by atoms with E-state index in [-0.39, 0.29) is 6.29 Å². The predicted molar refractivity (Wildman–Crippen MR) is 150 cm³/mol. The van der Waals surface area contributed by atoms with Crippen LogP contribution in [0.25, 0.3) is 11.1 Å². The largest absolute Gasteiger partial charge is 0.497 e. The molecule has 5 rings (SSSR count). The van der Waals surface area contributed by atoms with Crippen molar-refractivity contribution in [1.82, 2.24) is 4.98 Å². The minimum absolute atomic E-state index is 0.111. The summed E-state index contributed by atoms with van der Waals surface area (Å²) in [4.78, 5) is 7.10. The van der Waals surface area contributed by atoms with Crippen molar-refractivity contribution in [3.8, 4) is 5.75 Å². The highest BCUT2D eigenvalue weighted by Crippen LogP contribution is 2.41. The Bertz CT molecular complexity index is 1220. The summed E-state index contributed by atoms with van der Waals surface area (Å²) in [5.41, 5.74) is 10.1. The summed E-state index contributed by atoms with van der Waals surface area (Å²) in [7, 11) is 5.21. The molecule has 194 valence electrons. The molecule has 1 saturated heterocycles. The Labute approximate surface area is 221 Å². The summed E-state index contributed by atoms with van der Waals surface area (Å²) < 4.78 is 16.6. The zero-order valence-corrected chi connectivity index (χ0v) is 22.5. The first-order valence-corrected chi connectivity index (χ1v) is 13.4. The fraction of sp³-hybridized carbons (Fsp3) is 0.406. The number of piperidine rings is 1. The van der Waals surface area contributed by atoms with Crippen LogP contribution in [0.4, 0.5) is 5.69 Å². The summed E-state index contributed by atoms with van der Waals surface area (Å²) in [5.74, 6) is 1.36. The first-order chi connectivity index (χ1) is 18.1. The highest BCUT2D eigenvalue weighted by molar-refractivity contribution is 6.00. The topological polar surface area (TPSA) is 43.8 Å². The monoisotopic (exact) mass is 498 g/mol. The normalized spacial score (nSPS) is 16.6. The molecular weight excluding hydrogens is 460 g/mol. The number of fused-ring (bicyclic) bond motifs is 1. The van der Waals surface area contributed by atoms with E-state index in [1.165, 1.54) is 39.1 Å². The SMILES string of the molecule is COc1ccc2c(c1)CCCC(c1ccc(C)nc1)=C2c1ccc(N2CCC(C(OC)OC)CC2)cc1. The highest BCUT2D eigenvalue weighted by atomic mass is 16.7. The lowest BCUT2D eigenvalue weighted by molar-refractivity contribution is -0.141. The molecule has 1 fully saturated rings. The standard InChI is InChI=1S/C32H38N2O3/c1-22-8-9-26(21-33-22)29-7-5-6-25-20-28(35-2)14-15-30(25)31(29)23-10-12-27(13-11-23)34-18-16-24(17-19-34)32(36-3)37-4/h8-15,20-21,24,32H,5-7,16-19H2,1-4H3. The van der Waals surface area contributed by atoms with Crippen LogP contribution in [-0.2, 0) is 15.9 Å². The van der Waals surface area contributed by atoms with Gasteiger partial charge in [-0.25, -0.2) is 0 Å². The maximum Gasteiger partial charge on any atom is 0.159 e. The number of ether oxygens (including phenoxy) is 3. The molecule has 0 N–H and O–H groups in total. The average molecular weight is 499 g/mol. The molecule has 2 aromatic carbocycles. The number of allylic oxidation sites excluding steroid dienone is 1. The number of aryl methyl sites for hydroxylation is 2. The fourth-order valence-electron chi connectivity index (χ4n) is 5.91. The molecule has 1 aromatic heterocycles. The number of anilines is 1. The van der Waals surface area contributed by atoms with E-state index >= 15 is 0 Å². The van der Waals surface area contributed by atoms with Crippen molar-refractivity contribution in [2.75, 3.05) is 39.3 Å². The molecule has 0 atom stereocenters. The number of hydrogen-bond acceptors (Lipinski definition) is 5. The van der Waals surface area contributed by atoms with Gasteiger partial charge in [0.15, 0.2) is 6.29 Å². The molecule has 2 heterocycles. The predicted octanol–water partition coefficient (Wildman–Crippen LogP) is 6.53. The van der Waals surface area contributed by atoms with Crippen molar-refractivity contribution >= 4 is 16.8 Å². The minimum atomic E-state index is -0.111. The smallest absolute Gasteiger partial charge is 0.159 e. The minimum Gasteiger partial charge on any atom is -0.497 e. The molecule has 0 radical (unpaired) electrons. The molecule has 3 aromatic rings. The van der Waals surface area contributed by atoms with Gasteiger partial charge < -0.3 is 19.1 Å². The second-order valence-corrected chi connectivity index (χ2v) is 10.1. The molecule has 5 nitrogen and oxygen atoms in total. The van der Waals surface area contributed by atoms with Crippen molar-refractivity contribution in [2.24, 2.45) is 5.92 Å². The Balaban J connectivity index is 1.49. The van der Waals surface area contributed by atoms with Gasteiger partial charge in [-0.05, 0) is 103 Å². The summed E-state index contributed by atoms with van der Waals surface area (Å²) in [6, 6.07) is 20.0. The van der Waals surface area contributed by atoms with Crippen LogP contribution in [0.3, 0.4) is 0 Å². The van der Waals surface area contributed by atoms with Gasteiger partial charge in [0.2, 0.25) is 0 Å². The van der Waals surface area contributed by atoms with E-state index < -0.39 is 0 Å². The Morgan fingerprint density at radius 1 is 0.865 bits per heavy atom. The van der Waals surface area contributed by atoms with Crippen LogP contribution in [0, 0.1) is 12.8 Å². The van der Waals surface area contributed by atoms with Crippen LogP contribution in [0.1, 0.15) is 53.6 Å². The number of aromatic nitrogens is 1. The van der Waals surface area contributed by atoms with Crippen LogP contribution in [0.5, 0.6) is 5.75 Å². The van der Waals surface area contributed by atoms with Gasteiger partial charge in [-0.15, -0.1) is 0 Å². The van der Waals surface area contributed by atoms with Gasteiger partial charge in [0.05, 0.1) is 7.11 Å². The van der Waals surface area contributed by atoms with Crippen LogP contribution in [-0.4, -0.2) is 45.7 Å². The first-order valence-electron chi connectivity index (χ1n) is 13.4. The maximum absolute atomic E-state index is 5.56. The molecule has 1 aliphatic carbocycles. The van der Waals surface area contributed by atoms with E-state index in [1.807, 2.05) is 13.1 Å². The number of rotatable bonds is 7. The number of nitrogens with zero attached hydrogens (tertiary/aromatic N) is 2. The number of benzene rings is 2. The van der Waals surface area contributed by atoms with E-state index in [0.717, 1.165) is 56.6 Å². The van der Waals surface area contributed by atoms with E-state index in [1.54, 1.807) is 21.3 Å². The third-order valence-electron chi connectivity index (χ3n) is 7.93. The van der Waals surface area contributed by atoms with Crippen molar-refractivity contribution in [3.63, 3.8) is 0 Å². The molecule has 5 heteroatoms. The lowest BCUT2D eigenvalue weighted by Crippen LogP contribution is -2.39. The van der Waals surface area contributed by atoms with Crippen molar-refractivity contribution < 1.29 is 14.2 Å². The molecule has 0 bridgehead atoms. The molecule has 37 heavy (non-hydrogen) atoms. The van der Waals surface area contributed by atoms with Crippen molar-refractivity contribution in [1.29, 1.82) is 0 Å². The van der Waals surface area contributed by atoms with Crippen LogP contribution in [0.2, 0.25) is 0 Å². The summed E-state index contributed by atoms with van der Waals surface area (Å²) >= 11 is 0. The van der Waals surface area contributed by atoms with Gasteiger partial charge in [0, 0.05) is 50.8 Å². The molecule has 0 spiro atoms. The van der Waals surface area contributed by atoms with Gasteiger partial charge in [-0.1, -0.05) is 24.3 Å². The lowest BCUT2D eigenvalue weighted by Gasteiger charge is -2.36. The third-order valence-corrected chi connectivity index (χ3v) is 7.93. The summed E-state index contributed by atoms with van der Waals surface area (Å²) in [6.07, 6.45) is 7.22. The Morgan fingerprint density at radius 2 is 1.59 bits per heavy atom. The summed E-state index contributed by atoms with van der Waals surface area (Å²) in [5, 5.41) is 0. The van der Waals surface area contributed by atoms with Gasteiger partial charge >= 0.3 is 0 Å². The van der Waals surface area contributed by atoms with E-state index in [2.05, 4.69) is 64.5 Å². The molecular formula is C32H38N2O3. The van der Waals surface area contributed by atoms with Crippen LogP contribution in [0.15, 0.2) is 60.8 Å². The second kappa shape index (κ2) is 11.5. The van der Waals surface area contributed by atoms with E-state index in [4.69, 9.17) is 14.2 Å².